The van der Waals surface area contributed by atoms with Gasteiger partial charge in [0, 0.05) is 11.1 Å². The van der Waals surface area contributed by atoms with Crippen LogP contribution in [-0.4, -0.2) is 10.9 Å². The first-order valence-electron chi connectivity index (χ1n) is 4.65. The van der Waals surface area contributed by atoms with E-state index in [9.17, 15) is 4.79 Å². The zero-order chi connectivity index (χ0) is 11.5. The van der Waals surface area contributed by atoms with Crippen molar-refractivity contribution in [1.82, 2.24) is 4.98 Å². The van der Waals surface area contributed by atoms with Crippen molar-refractivity contribution in [3.05, 3.63) is 45.4 Å². The Labute approximate surface area is 102 Å². The quantitative estimate of drug-likeness (QED) is 0.891. The zero-order valence-electron chi connectivity index (χ0n) is 8.53. The Kier molecular flexibility index (Phi) is 3.22. The molecule has 82 valence electrons. The molecule has 0 aliphatic rings. The number of halogens is 1. The van der Waals surface area contributed by atoms with Gasteiger partial charge in [0.15, 0.2) is 5.01 Å². The predicted molar refractivity (Wildman–Crippen MR) is 66.3 cm³/mol. The molecule has 0 saturated carbocycles. The lowest BCUT2D eigenvalue weighted by atomic mass is 10.3. The smallest absolute Gasteiger partial charge is 0.284 e. The van der Waals surface area contributed by atoms with Crippen LogP contribution in [0.25, 0.3) is 0 Å². The van der Waals surface area contributed by atoms with E-state index in [1.54, 1.807) is 12.1 Å². The van der Waals surface area contributed by atoms with E-state index in [0.717, 1.165) is 5.69 Å². The molecule has 1 aromatic carbocycles. The van der Waals surface area contributed by atoms with Gasteiger partial charge in [0.05, 0.1) is 10.7 Å². The van der Waals surface area contributed by atoms with E-state index in [-0.39, 0.29) is 5.91 Å². The van der Waals surface area contributed by atoms with E-state index in [1.165, 1.54) is 11.3 Å². The summed E-state index contributed by atoms with van der Waals surface area (Å²) < 4.78 is 0. The molecule has 0 aliphatic heterocycles. The van der Waals surface area contributed by atoms with Crippen molar-refractivity contribution in [2.45, 2.75) is 6.92 Å². The lowest BCUT2D eigenvalue weighted by molar-refractivity contribution is 0.102. The van der Waals surface area contributed by atoms with Gasteiger partial charge in [0.2, 0.25) is 0 Å². The number of hydrogen-bond donors (Lipinski definition) is 1. The van der Waals surface area contributed by atoms with Crippen LogP contribution in [0.2, 0.25) is 5.02 Å². The maximum absolute atomic E-state index is 11.8. The number of carbonyl (C=O) groups is 1. The normalized spacial score (nSPS) is 10.1. The lowest BCUT2D eigenvalue weighted by Crippen LogP contribution is -2.11. The van der Waals surface area contributed by atoms with Crippen molar-refractivity contribution in [1.29, 1.82) is 0 Å². The fraction of sp³-hybridized carbons (Fsp3) is 0.0909. The summed E-state index contributed by atoms with van der Waals surface area (Å²) in [5, 5.41) is 5.51. The van der Waals surface area contributed by atoms with Gasteiger partial charge in [0.1, 0.15) is 0 Å². The maximum atomic E-state index is 11.8. The molecule has 5 heteroatoms. The third kappa shape index (κ3) is 2.40. The Bertz CT molecular complexity index is 524. The minimum Gasteiger partial charge on any atom is -0.319 e. The third-order valence-electron chi connectivity index (χ3n) is 1.94. The molecule has 0 fully saturated rings. The Morgan fingerprint density at radius 1 is 1.44 bits per heavy atom. The zero-order valence-corrected chi connectivity index (χ0v) is 10.1. The first kappa shape index (κ1) is 11.1. The van der Waals surface area contributed by atoms with Gasteiger partial charge in [-0.15, -0.1) is 11.3 Å². The molecule has 0 radical (unpaired) electrons. The van der Waals surface area contributed by atoms with Crippen molar-refractivity contribution >= 4 is 34.5 Å². The summed E-state index contributed by atoms with van der Waals surface area (Å²) in [6.07, 6.45) is 0. The molecule has 0 bridgehead atoms. The van der Waals surface area contributed by atoms with Crippen LogP contribution in [0.1, 0.15) is 15.5 Å². The average molecular weight is 253 g/mol. The SMILES string of the molecule is Cc1csc(C(=O)Nc2ccccc2Cl)n1. The van der Waals surface area contributed by atoms with Crippen molar-refractivity contribution < 1.29 is 4.79 Å². The Morgan fingerprint density at radius 3 is 2.81 bits per heavy atom. The molecular formula is C11H9ClN2OS. The molecule has 1 N–H and O–H groups in total. The number of carbonyl (C=O) groups excluding carboxylic acids is 1. The first-order chi connectivity index (χ1) is 7.66. The Balaban J connectivity index is 2.17. The summed E-state index contributed by atoms with van der Waals surface area (Å²) >= 11 is 7.25. The van der Waals surface area contributed by atoms with Crippen molar-refractivity contribution in [3.63, 3.8) is 0 Å². The largest absolute Gasteiger partial charge is 0.319 e. The van der Waals surface area contributed by atoms with Gasteiger partial charge < -0.3 is 5.32 Å². The number of nitrogens with zero attached hydrogens (tertiary/aromatic N) is 1. The number of nitrogens with one attached hydrogen (secondary N) is 1. The summed E-state index contributed by atoms with van der Waals surface area (Å²) in [6, 6.07) is 7.10. The van der Waals surface area contributed by atoms with Crippen LogP contribution in [-0.2, 0) is 0 Å². The number of thiazole rings is 1. The molecule has 1 aromatic heterocycles. The minimum atomic E-state index is -0.230. The highest BCUT2D eigenvalue weighted by Crippen LogP contribution is 2.21. The molecule has 0 atom stereocenters. The van der Waals surface area contributed by atoms with Gasteiger partial charge in [-0.05, 0) is 19.1 Å². The molecule has 1 heterocycles. The fourth-order valence-corrected chi connectivity index (χ4v) is 2.07. The summed E-state index contributed by atoms with van der Waals surface area (Å²) in [5.74, 6) is -0.230. The van der Waals surface area contributed by atoms with E-state index in [0.29, 0.717) is 15.7 Å². The van der Waals surface area contributed by atoms with Gasteiger partial charge in [-0.2, -0.15) is 0 Å². The predicted octanol–water partition coefficient (Wildman–Crippen LogP) is 3.36. The number of aromatic nitrogens is 1. The topological polar surface area (TPSA) is 42.0 Å². The molecule has 0 aliphatic carbocycles. The van der Waals surface area contributed by atoms with Gasteiger partial charge in [-0.1, -0.05) is 23.7 Å². The fourth-order valence-electron chi connectivity index (χ4n) is 1.20. The van der Waals surface area contributed by atoms with E-state index >= 15 is 0 Å². The van der Waals surface area contributed by atoms with Crippen LogP contribution in [0.15, 0.2) is 29.6 Å². The van der Waals surface area contributed by atoms with E-state index in [1.807, 2.05) is 24.4 Å². The van der Waals surface area contributed by atoms with Crippen LogP contribution in [0.5, 0.6) is 0 Å². The van der Waals surface area contributed by atoms with Crippen LogP contribution < -0.4 is 5.32 Å². The number of rotatable bonds is 2. The number of para-hydroxylation sites is 1. The molecule has 2 rings (SSSR count). The summed E-state index contributed by atoms with van der Waals surface area (Å²) in [4.78, 5) is 15.9. The lowest BCUT2D eigenvalue weighted by Gasteiger charge is -2.04. The first-order valence-corrected chi connectivity index (χ1v) is 5.90. The second kappa shape index (κ2) is 4.63. The van der Waals surface area contributed by atoms with E-state index in [2.05, 4.69) is 10.3 Å². The number of hydrogen-bond acceptors (Lipinski definition) is 3. The molecule has 0 unspecified atom stereocenters. The number of aryl methyl sites for hydroxylation is 1. The van der Waals surface area contributed by atoms with Gasteiger partial charge in [0.25, 0.3) is 5.91 Å². The average Bonchev–Trinajstić information content (AvgIpc) is 2.68. The molecule has 1 amide bonds. The molecular weight excluding hydrogens is 244 g/mol. The standard InChI is InChI=1S/C11H9ClN2OS/c1-7-6-16-11(13-7)10(15)14-9-5-3-2-4-8(9)12/h2-6H,1H3,(H,14,15). The highest BCUT2D eigenvalue weighted by atomic mass is 35.5. The molecule has 0 saturated heterocycles. The maximum Gasteiger partial charge on any atom is 0.284 e. The summed E-state index contributed by atoms with van der Waals surface area (Å²) in [5.41, 5.74) is 1.44. The second-order valence-electron chi connectivity index (χ2n) is 3.23. The van der Waals surface area contributed by atoms with Crippen LogP contribution in [0.4, 0.5) is 5.69 Å². The third-order valence-corrected chi connectivity index (χ3v) is 3.22. The second-order valence-corrected chi connectivity index (χ2v) is 4.49. The van der Waals surface area contributed by atoms with Crippen molar-refractivity contribution in [2.75, 3.05) is 5.32 Å². The van der Waals surface area contributed by atoms with Gasteiger partial charge >= 0.3 is 0 Å². The highest BCUT2D eigenvalue weighted by Gasteiger charge is 2.11. The number of amides is 1. The number of anilines is 1. The summed E-state index contributed by atoms with van der Waals surface area (Å²) in [6.45, 7) is 1.85. The van der Waals surface area contributed by atoms with Crippen LogP contribution >= 0.6 is 22.9 Å². The Morgan fingerprint density at radius 2 is 2.19 bits per heavy atom. The van der Waals surface area contributed by atoms with Crippen LogP contribution in [0, 0.1) is 6.92 Å². The van der Waals surface area contributed by atoms with E-state index in [4.69, 9.17) is 11.6 Å². The van der Waals surface area contributed by atoms with Crippen LogP contribution in [0.3, 0.4) is 0 Å². The number of benzene rings is 1. The summed E-state index contributed by atoms with van der Waals surface area (Å²) in [7, 11) is 0. The van der Waals surface area contributed by atoms with Gasteiger partial charge in [-0.3, -0.25) is 4.79 Å². The Hall–Kier alpha value is -1.39. The monoisotopic (exact) mass is 252 g/mol. The highest BCUT2D eigenvalue weighted by molar-refractivity contribution is 7.11. The molecule has 0 spiro atoms. The van der Waals surface area contributed by atoms with Crippen molar-refractivity contribution in [3.8, 4) is 0 Å². The van der Waals surface area contributed by atoms with E-state index < -0.39 is 0 Å². The van der Waals surface area contributed by atoms with Crippen molar-refractivity contribution in [2.24, 2.45) is 0 Å². The molecule has 3 nitrogen and oxygen atoms in total. The molecule has 2 aromatic rings. The minimum absolute atomic E-state index is 0.230. The van der Waals surface area contributed by atoms with Gasteiger partial charge in [-0.25, -0.2) is 4.98 Å². The molecule has 16 heavy (non-hydrogen) atoms.